The van der Waals surface area contributed by atoms with Crippen molar-refractivity contribution in [2.45, 2.75) is 18.4 Å². The molecule has 0 spiro atoms. The first-order valence-electron chi connectivity index (χ1n) is 5.75. The molecule has 0 aliphatic rings. The molecule has 20 heavy (non-hydrogen) atoms. The molecule has 0 saturated carbocycles. The highest BCUT2D eigenvalue weighted by atomic mass is 32.2. The second kappa shape index (κ2) is 5.48. The fourth-order valence-electron chi connectivity index (χ4n) is 1.50. The molecular weight excluding hydrogens is 282 g/mol. The van der Waals surface area contributed by atoms with E-state index in [1.54, 1.807) is 12.1 Å². The van der Waals surface area contributed by atoms with Gasteiger partial charge >= 0.3 is 0 Å². The van der Waals surface area contributed by atoms with E-state index in [9.17, 15) is 13.2 Å². The van der Waals surface area contributed by atoms with Gasteiger partial charge in [0.25, 0.3) is 0 Å². The Morgan fingerprint density at radius 1 is 1.25 bits per heavy atom. The van der Waals surface area contributed by atoms with Gasteiger partial charge in [0.2, 0.25) is 15.5 Å². The van der Waals surface area contributed by atoms with Crippen LogP contribution in [0.4, 0.5) is 0 Å². The number of hydrogen-bond acceptors (Lipinski definition) is 5. The van der Waals surface area contributed by atoms with Gasteiger partial charge in [0.05, 0.1) is 11.4 Å². The predicted octanol–water partition coefficient (Wildman–Crippen LogP) is 1.13. The number of rotatable bonds is 4. The van der Waals surface area contributed by atoms with Crippen molar-refractivity contribution in [1.82, 2.24) is 4.72 Å². The molecule has 2 rings (SSSR count). The molecule has 0 radical (unpaired) electrons. The standard InChI is InChI=1S/C13H13NO5S/c1-9-2-4-11(5-3-9)20(17,18)14-7-10-6-12(15)13(16)8-19-10/h2-6,8,14,16H,7H2,1H3. The molecule has 106 valence electrons. The van der Waals surface area contributed by atoms with E-state index < -0.39 is 21.2 Å². The number of hydrogen-bond donors (Lipinski definition) is 2. The summed E-state index contributed by atoms with van der Waals surface area (Å²) in [6, 6.07) is 7.40. The molecular formula is C13H13NO5S. The van der Waals surface area contributed by atoms with Gasteiger partial charge in [-0.25, -0.2) is 13.1 Å². The molecule has 0 amide bonds. The van der Waals surface area contributed by atoms with Crippen LogP contribution in [0.25, 0.3) is 0 Å². The summed E-state index contributed by atoms with van der Waals surface area (Å²) >= 11 is 0. The smallest absolute Gasteiger partial charge is 0.240 e. The van der Waals surface area contributed by atoms with Crippen molar-refractivity contribution in [3.05, 3.63) is 58.1 Å². The van der Waals surface area contributed by atoms with Gasteiger partial charge in [-0.3, -0.25) is 4.79 Å². The van der Waals surface area contributed by atoms with Gasteiger partial charge in [0.15, 0.2) is 5.75 Å². The molecule has 1 aromatic carbocycles. The van der Waals surface area contributed by atoms with Crippen molar-refractivity contribution in [3.8, 4) is 5.75 Å². The van der Waals surface area contributed by atoms with E-state index in [0.717, 1.165) is 17.9 Å². The van der Waals surface area contributed by atoms with Crippen molar-refractivity contribution in [3.63, 3.8) is 0 Å². The van der Waals surface area contributed by atoms with Gasteiger partial charge in [-0.2, -0.15) is 0 Å². The van der Waals surface area contributed by atoms with E-state index in [4.69, 9.17) is 9.52 Å². The first kappa shape index (κ1) is 14.3. The van der Waals surface area contributed by atoms with Crippen molar-refractivity contribution in [2.24, 2.45) is 0 Å². The molecule has 2 aromatic rings. The monoisotopic (exact) mass is 295 g/mol. The summed E-state index contributed by atoms with van der Waals surface area (Å²) in [7, 11) is -3.67. The van der Waals surface area contributed by atoms with Gasteiger partial charge in [0, 0.05) is 6.07 Å². The normalized spacial score (nSPS) is 11.4. The summed E-state index contributed by atoms with van der Waals surface area (Å²) in [6.45, 7) is 1.68. The van der Waals surface area contributed by atoms with Crippen LogP contribution in [0.2, 0.25) is 0 Å². The van der Waals surface area contributed by atoms with E-state index in [1.165, 1.54) is 12.1 Å². The maximum atomic E-state index is 12.0. The molecule has 0 atom stereocenters. The number of aryl methyl sites for hydroxylation is 1. The zero-order valence-electron chi connectivity index (χ0n) is 10.7. The van der Waals surface area contributed by atoms with Gasteiger partial charge in [-0.1, -0.05) is 17.7 Å². The highest BCUT2D eigenvalue weighted by Crippen LogP contribution is 2.11. The molecule has 2 N–H and O–H groups in total. The zero-order chi connectivity index (χ0) is 14.8. The highest BCUT2D eigenvalue weighted by molar-refractivity contribution is 7.89. The molecule has 0 bridgehead atoms. The third kappa shape index (κ3) is 3.25. The molecule has 6 nitrogen and oxygen atoms in total. The van der Waals surface area contributed by atoms with E-state index in [2.05, 4.69) is 4.72 Å². The SMILES string of the molecule is Cc1ccc(S(=O)(=O)NCc2cc(=O)c(O)co2)cc1. The average Bonchev–Trinajstić information content (AvgIpc) is 2.41. The van der Waals surface area contributed by atoms with Crippen LogP contribution in [-0.2, 0) is 16.6 Å². The Morgan fingerprint density at radius 2 is 1.90 bits per heavy atom. The second-order valence-corrected chi connectivity index (χ2v) is 6.00. The van der Waals surface area contributed by atoms with Crippen LogP contribution >= 0.6 is 0 Å². The Bertz CT molecular complexity index is 762. The topological polar surface area (TPSA) is 96.6 Å². The van der Waals surface area contributed by atoms with Crippen molar-refractivity contribution >= 4 is 10.0 Å². The maximum absolute atomic E-state index is 12.0. The van der Waals surface area contributed by atoms with E-state index in [0.29, 0.717) is 0 Å². The highest BCUT2D eigenvalue weighted by Gasteiger charge is 2.14. The Balaban J connectivity index is 2.15. The fraction of sp³-hybridized carbons (Fsp3) is 0.154. The van der Waals surface area contributed by atoms with Crippen LogP contribution in [0.1, 0.15) is 11.3 Å². The lowest BCUT2D eigenvalue weighted by Gasteiger charge is -2.06. The van der Waals surface area contributed by atoms with Crippen LogP contribution in [0.3, 0.4) is 0 Å². The molecule has 1 heterocycles. The Morgan fingerprint density at radius 3 is 2.50 bits per heavy atom. The number of sulfonamides is 1. The molecule has 1 aromatic heterocycles. The van der Waals surface area contributed by atoms with Gasteiger partial charge in [0.1, 0.15) is 12.0 Å². The van der Waals surface area contributed by atoms with Crippen LogP contribution in [0.5, 0.6) is 5.75 Å². The average molecular weight is 295 g/mol. The fourth-order valence-corrected chi connectivity index (χ4v) is 2.50. The molecule has 0 saturated heterocycles. The lowest BCUT2D eigenvalue weighted by atomic mass is 10.2. The van der Waals surface area contributed by atoms with E-state index in [-0.39, 0.29) is 17.2 Å². The van der Waals surface area contributed by atoms with Crippen molar-refractivity contribution < 1.29 is 17.9 Å². The van der Waals surface area contributed by atoms with Crippen LogP contribution in [0, 0.1) is 6.92 Å². The summed E-state index contributed by atoms with van der Waals surface area (Å²) in [5.41, 5.74) is 0.328. The Kier molecular flexibility index (Phi) is 3.91. The van der Waals surface area contributed by atoms with Gasteiger partial charge < -0.3 is 9.52 Å². The maximum Gasteiger partial charge on any atom is 0.240 e. The zero-order valence-corrected chi connectivity index (χ0v) is 11.5. The molecule has 0 fully saturated rings. The van der Waals surface area contributed by atoms with Crippen molar-refractivity contribution in [1.29, 1.82) is 0 Å². The first-order valence-corrected chi connectivity index (χ1v) is 7.24. The van der Waals surface area contributed by atoms with Crippen molar-refractivity contribution in [2.75, 3.05) is 0 Å². The Labute approximate surface area is 115 Å². The quantitative estimate of drug-likeness (QED) is 0.881. The summed E-state index contributed by atoms with van der Waals surface area (Å²) in [4.78, 5) is 11.3. The minimum Gasteiger partial charge on any atom is -0.502 e. The summed E-state index contributed by atoms with van der Waals surface area (Å²) in [5, 5.41) is 9.03. The summed E-state index contributed by atoms with van der Waals surface area (Å²) in [6.07, 6.45) is 0.873. The van der Waals surface area contributed by atoms with E-state index >= 15 is 0 Å². The minimum absolute atomic E-state index is 0.114. The predicted molar refractivity (Wildman–Crippen MR) is 71.8 cm³/mol. The number of benzene rings is 1. The lowest BCUT2D eigenvalue weighted by Crippen LogP contribution is -2.23. The molecule has 0 aliphatic carbocycles. The summed E-state index contributed by atoms with van der Waals surface area (Å²) < 4.78 is 31.2. The number of nitrogens with one attached hydrogen (secondary N) is 1. The van der Waals surface area contributed by atoms with E-state index in [1.807, 2.05) is 6.92 Å². The molecule has 7 heteroatoms. The Hall–Kier alpha value is -2.12. The lowest BCUT2D eigenvalue weighted by molar-refractivity contribution is 0.411. The number of aromatic hydroxyl groups is 1. The van der Waals surface area contributed by atoms with Crippen LogP contribution in [0.15, 0.2) is 50.7 Å². The van der Waals surface area contributed by atoms with Gasteiger partial charge in [-0.15, -0.1) is 0 Å². The largest absolute Gasteiger partial charge is 0.502 e. The van der Waals surface area contributed by atoms with Gasteiger partial charge in [-0.05, 0) is 19.1 Å². The third-order valence-electron chi connectivity index (χ3n) is 2.63. The molecule has 0 unspecified atom stereocenters. The van der Waals surface area contributed by atoms with Crippen LogP contribution < -0.4 is 10.2 Å². The first-order chi connectivity index (χ1) is 9.38. The minimum atomic E-state index is -3.67. The molecule has 0 aliphatic heterocycles. The third-order valence-corrected chi connectivity index (χ3v) is 4.05. The van der Waals surface area contributed by atoms with Crippen LogP contribution in [-0.4, -0.2) is 13.5 Å². The second-order valence-electron chi connectivity index (χ2n) is 4.23. The summed E-state index contributed by atoms with van der Waals surface area (Å²) in [5.74, 6) is -0.404.